The van der Waals surface area contributed by atoms with Gasteiger partial charge in [0.25, 0.3) is 5.91 Å². The summed E-state index contributed by atoms with van der Waals surface area (Å²) in [5.74, 6) is 1.23. The van der Waals surface area contributed by atoms with E-state index in [4.69, 9.17) is 20.8 Å². The third-order valence-electron chi connectivity index (χ3n) is 2.49. The first-order chi connectivity index (χ1) is 9.69. The van der Waals surface area contributed by atoms with E-state index in [-0.39, 0.29) is 18.3 Å². The SMILES string of the molecule is C=CCNC(=O)c1ccc(COc2ccc(Cl)cc2)o1. The van der Waals surface area contributed by atoms with Gasteiger partial charge in [0.2, 0.25) is 0 Å². The molecule has 5 heteroatoms. The van der Waals surface area contributed by atoms with Crippen LogP contribution < -0.4 is 10.1 Å². The van der Waals surface area contributed by atoms with Crippen molar-refractivity contribution in [3.63, 3.8) is 0 Å². The molecule has 1 heterocycles. The van der Waals surface area contributed by atoms with Crippen LogP contribution in [-0.4, -0.2) is 12.5 Å². The van der Waals surface area contributed by atoms with Gasteiger partial charge in [-0.2, -0.15) is 0 Å². The molecule has 4 nitrogen and oxygen atoms in total. The number of hydrogen-bond donors (Lipinski definition) is 1. The van der Waals surface area contributed by atoms with Gasteiger partial charge in [-0.3, -0.25) is 4.79 Å². The molecule has 0 atom stereocenters. The quantitative estimate of drug-likeness (QED) is 0.830. The summed E-state index contributed by atoms with van der Waals surface area (Å²) in [4.78, 5) is 11.6. The van der Waals surface area contributed by atoms with Crippen molar-refractivity contribution < 1.29 is 13.9 Å². The minimum atomic E-state index is -0.275. The molecule has 0 bridgehead atoms. The van der Waals surface area contributed by atoms with Crippen LogP contribution in [0.2, 0.25) is 5.02 Å². The molecule has 0 aliphatic rings. The van der Waals surface area contributed by atoms with Crippen LogP contribution in [0.3, 0.4) is 0 Å². The van der Waals surface area contributed by atoms with Crippen LogP contribution in [0, 0.1) is 0 Å². The fraction of sp³-hybridized carbons (Fsp3) is 0.133. The van der Waals surface area contributed by atoms with E-state index in [1.807, 2.05) is 0 Å². The van der Waals surface area contributed by atoms with Gasteiger partial charge < -0.3 is 14.5 Å². The molecule has 0 aliphatic carbocycles. The van der Waals surface area contributed by atoms with Crippen molar-refractivity contribution in [1.82, 2.24) is 5.32 Å². The zero-order valence-corrected chi connectivity index (χ0v) is 11.5. The van der Waals surface area contributed by atoms with E-state index in [0.717, 1.165) is 0 Å². The van der Waals surface area contributed by atoms with Crippen LogP contribution in [0.15, 0.2) is 53.5 Å². The fourth-order valence-corrected chi connectivity index (χ4v) is 1.64. The lowest BCUT2D eigenvalue weighted by Gasteiger charge is -2.04. The van der Waals surface area contributed by atoms with Gasteiger partial charge in [-0.05, 0) is 36.4 Å². The van der Waals surface area contributed by atoms with E-state index in [0.29, 0.717) is 23.1 Å². The maximum absolute atomic E-state index is 11.6. The minimum absolute atomic E-state index is 0.246. The van der Waals surface area contributed by atoms with E-state index in [1.165, 1.54) is 0 Å². The number of carbonyl (C=O) groups is 1. The van der Waals surface area contributed by atoms with Gasteiger partial charge in [-0.15, -0.1) is 6.58 Å². The highest BCUT2D eigenvalue weighted by molar-refractivity contribution is 6.30. The Balaban J connectivity index is 1.91. The van der Waals surface area contributed by atoms with Gasteiger partial charge in [0.05, 0.1) is 0 Å². The highest BCUT2D eigenvalue weighted by Gasteiger charge is 2.10. The zero-order valence-electron chi connectivity index (χ0n) is 10.8. The lowest BCUT2D eigenvalue weighted by molar-refractivity contribution is 0.0926. The average molecular weight is 292 g/mol. The van der Waals surface area contributed by atoms with Crippen molar-refractivity contribution in [2.75, 3.05) is 6.54 Å². The molecule has 1 aromatic carbocycles. The van der Waals surface area contributed by atoms with E-state index >= 15 is 0 Å². The maximum Gasteiger partial charge on any atom is 0.287 e. The molecule has 0 saturated heterocycles. The summed E-state index contributed by atoms with van der Waals surface area (Å²) in [5.41, 5.74) is 0. The second-order valence-electron chi connectivity index (χ2n) is 4.01. The molecule has 0 fully saturated rings. The van der Waals surface area contributed by atoms with Gasteiger partial charge in [-0.1, -0.05) is 17.7 Å². The number of benzene rings is 1. The summed E-state index contributed by atoms with van der Waals surface area (Å²) in [5, 5.41) is 3.29. The normalized spacial score (nSPS) is 10.1. The number of halogens is 1. The lowest BCUT2D eigenvalue weighted by Crippen LogP contribution is -2.22. The van der Waals surface area contributed by atoms with E-state index in [1.54, 1.807) is 42.5 Å². The van der Waals surface area contributed by atoms with Crippen LogP contribution in [-0.2, 0) is 6.61 Å². The Hall–Kier alpha value is -2.20. The molecule has 0 unspecified atom stereocenters. The number of nitrogens with one attached hydrogen (secondary N) is 1. The zero-order chi connectivity index (χ0) is 14.4. The predicted molar refractivity (Wildman–Crippen MR) is 77.0 cm³/mol. The number of ether oxygens (including phenoxy) is 1. The summed E-state index contributed by atoms with van der Waals surface area (Å²) < 4.78 is 10.9. The summed E-state index contributed by atoms with van der Waals surface area (Å²) >= 11 is 5.78. The first-order valence-corrected chi connectivity index (χ1v) is 6.43. The van der Waals surface area contributed by atoms with E-state index in [2.05, 4.69) is 11.9 Å². The number of carbonyl (C=O) groups excluding carboxylic acids is 1. The standard InChI is InChI=1S/C15H14ClNO3/c1-2-9-17-15(18)14-8-7-13(20-14)10-19-12-5-3-11(16)4-6-12/h2-8H,1,9-10H2,(H,17,18). The van der Waals surface area contributed by atoms with Crippen LogP contribution in [0.5, 0.6) is 5.75 Å². The summed E-state index contributed by atoms with van der Waals surface area (Å²) in [6, 6.07) is 10.3. The van der Waals surface area contributed by atoms with Gasteiger partial charge in [0.15, 0.2) is 5.76 Å². The number of amides is 1. The molecule has 1 amide bonds. The van der Waals surface area contributed by atoms with Crippen LogP contribution in [0.1, 0.15) is 16.3 Å². The Kier molecular flexibility index (Phi) is 4.85. The number of hydrogen-bond acceptors (Lipinski definition) is 3. The average Bonchev–Trinajstić information content (AvgIpc) is 2.93. The predicted octanol–water partition coefficient (Wildman–Crippen LogP) is 3.43. The van der Waals surface area contributed by atoms with Crippen molar-refractivity contribution in [3.8, 4) is 5.75 Å². The Morgan fingerprint density at radius 3 is 2.75 bits per heavy atom. The van der Waals surface area contributed by atoms with Gasteiger partial charge in [-0.25, -0.2) is 0 Å². The molecule has 0 spiro atoms. The van der Waals surface area contributed by atoms with Crippen molar-refractivity contribution in [2.24, 2.45) is 0 Å². The maximum atomic E-state index is 11.6. The Morgan fingerprint density at radius 2 is 2.05 bits per heavy atom. The highest BCUT2D eigenvalue weighted by Crippen LogP contribution is 2.17. The second-order valence-corrected chi connectivity index (χ2v) is 4.44. The lowest BCUT2D eigenvalue weighted by atomic mass is 10.3. The molecular formula is C15H14ClNO3. The molecule has 0 aliphatic heterocycles. The third-order valence-corrected chi connectivity index (χ3v) is 2.74. The summed E-state index contributed by atoms with van der Waals surface area (Å²) in [7, 11) is 0. The van der Waals surface area contributed by atoms with Crippen LogP contribution >= 0.6 is 11.6 Å². The minimum Gasteiger partial charge on any atom is -0.486 e. The summed E-state index contributed by atoms with van der Waals surface area (Å²) in [6.45, 7) is 4.17. The van der Waals surface area contributed by atoms with Gasteiger partial charge in [0, 0.05) is 11.6 Å². The van der Waals surface area contributed by atoms with Crippen molar-refractivity contribution >= 4 is 17.5 Å². The van der Waals surface area contributed by atoms with E-state index < -0.39 is 0 Å². The van der Waals surface area contributed by atoms with Crippen molar-refractivity contribution in [3.05, 3.63) is 65.6 Å². The molecule has 1 aromatic heterocycles. The first-order valence-electron chi connectivity index (χ1n) is 6.05. The molecule has 0 saturated carbocycles. The summed E-state index contributed by atoms with van der Waals surface area (Å²) in [6.07, 6.45) is 1.60. The second kappa shape index (κ2) is 6.82. The molecule has 1 N–H and O–H groups in total. The van der Waals surface area contributed by atoms with Crippen molar-refractivity contribution in [1.29, 1.82) is 0 Å². The molecule has 0 radical (unpaired) electrons. The van der Waals surface area contributed by atoms with Gasteiger partial charge >= 0.3 is 0 Å². The number of rotatable bonds is 6. The smallest absolute Gasteiger partial charge is 0.287 e. The van der Waals surface area contributed by atoms with Crippen LogP contribution in [0.4, 0.5) is 0 Å². The Morgan fingerprint density at radius 1 is 1.30 bits per heavy atom. The first kappa shape index (κ1) is 14.2. The van der Waals surface area contributed by atoms with Crippen molar-refractivity contribution in [2.45, 2.75) is 6.61 Å². The topological polar surface area (TPSA) is 51.5 Å². The monoisotopic (exact) mass is 291 g/mol. The highest BCUT2D eigenvalue weighted by atomic mass is 35.5. The van der Waals surface area contributed by atoms with E-state index in [9.17, 15) is 4.79 Å². The Labute approximate surface area is 122 Å². The third kappa shape index (κ3) is 3.90. The van der Waals surface area contributed by atoms with Crippen LogP contribution in [0.25, 0.3) is 0 Å². The molecule has 104 valence electrons. The Bertz CT molecular complexity index is 589. The van der Waals surface area contributed by atoms with Gasteiger partial charge in [0.1, 0.15) is 18.1 Å². The molecular weight excluding hydrogens is 278 g/mol. The molecule has 2 rings (SSSR count). The molecule has 20 heavy (non-hydrogen) atoms. The number of furan rings is 1. The fourth-order valence-electron chi connectivity index (χ4n) is 1.51. The largest absolute Gasteiger partial charge is 0.486 e. The molecule has 2 aromatic rings.